The van der Waals surface area contributed by atoms with Crippen molar-refractivity contribution in [2.75, 3.05) is 40.9 Å². The molecule has 3 unspecified atom stereocenters. The van der Waals surface area contributed by atoms with Gasteiger partial charge in [0, 0.05) is 12.8 Å². The number of quaternary nitrogens is 1. The van der Waals surface area contributed by atoms with Crippen molar-refractivity contribution in [2.24, 2.45) is 0 Å². The molecule has 0 aliphatic heterocycles. The minimum absolute atomic E-state index is 0.0426. The molecule has 0 bridgehead atoms. The number of nitrogens with zero attached hydrogens (tertiary/aromatic N) is 1. The molecule has 500 valence electrons. The standard InChI is InChI=1S/C75H143N2O7P/c1-7-10-13-16-19-22-25-27-29-31-33-35-36-37-38-39-40-42-44-46-48-50-53-56-59-62-65-68-75(79)84-73(66-63-60-57-54-51-24-21-18-15-12-9-3)72(71-83-85(80,81)82-70-69-77(4,5)6)76-74(78)67-64-61-58-55-52-49-47-45-43-41-34-32-30-28-26-23-20-17-14-11-8-2/h19,22,27,29,33,35,63,66,72-73H,7-18,20-21,23-26,28,30-32,34,36-62,64-65,67-71H2,1-6H3,(H-,76,78,80,81)/p+1/b22-19-,29-27-,35-33-,66-63+. The van der Waals surface area contributed by atoms with Gasteiger partial charge in [0.25, 0.3) is 0 Å². The number of phosphoric acid groups is 1. The molecule has 0 fully saturated rings. The van der Waals surface area contributed by atoms with Crippen molar-refractivity contribution >= 4 is 19.7 Å². The zero-order valence-electron chi connectivity index (χ0n) is 57.4. The van der Waals surface area contributed by atoms with Gasteiger partial charge in [0.15, 0.2) is 0 Å². The average molecular weight is 1220 g/mol. The number of likely N-dealkylation sites (N-methyl/N-ethyl adjacent to an activating group) is 1. The number of unbranched alkanes of at least 4 members (excludes halogenated alkanes) is 46. The van der Waals surface area contributed by atoms with Crippen LogP contribution in [-0.4, -0.2) is 74.3 Å². The largest absolute Gasteiger partial charge is 0.472 e. The quantitative estimate of drug-likeness (QED) is 0.0205. The monoisotopic (exact) mass is 1220 g/mol. The number of ether oxygens (including phenoxy) is 1. The average Bonchev–Trinajstić information content (AvgIpc) is 3.59. The van der Waals surface area contributed by atoms with Gasteiger partial charge in [-0.15, -0.1) is 0 Å². The molecule has 0 aliphatic rings. The zero-order chi connectivity index (χ0) is 62.1. The molecule has 0 aliphatic carbocycles. The molecule has 10 heteroatoms. The van der Waals surface area contributed by atoms with Gasteiger partial charge in [-0.2, -0.15) is 0 Å². The van der Waals surface area contributed by atoms with Crippen LogP contribution >= 0.6 is 7.82 Å². The third kappa shape index (κ3) is 66.2. The van der Waals surface area contributed by atoms with Crippen molar-refractivity contribution < 1.29 is 37.3 Å². The molecule has 0 aromatic rings. The highest BCUT2D eigenvalue weighted by molar-refractivity contribution is 7.47. The molecule has 9 nitrogen and oxygen atoms in total. The summed E-state index contributed by atoms with van der Waals surface area (Å²) in [7, 11) is 1.51. The Labute approximate surface area is 529 Å². The fourth-order valence-electron chi connectivity index (χ4n) is 11.1. The highest BCUT2D eigenvalue weighted by atomic mass is 31.2. The fraction of sp³-hybridized carbons (Fsp3) is 0.867. The predicted molar refractivity (Wildman–Crippen MR) is 369 cm³/mol. The van der Waals surface area contributed by atoms with Crippen LogP contribution < -0.4 is 5.32 Å². The van der Waals surface area contributed by atoms with Crippen LogP contribution in [0.5, 0.6) is 0 Å². The second kappa shape index (κ2) is 64.9. The summed E-state index contributed by atoms with van der Waals surface area (Å²) in [6.45, 7) is 7.04. The zero-order valence-corrected chi connectivity index (χ0v) is 58.3. The van der Waals surface area contributed by atoms with Crippen LogP contribution in [0.25, 0.3) is 0 Å². The minimum Gasteiger partial charge on any atom is -0.456 e. The summed E-state index contributed by atoms with van der Waals surface area (Å²) < 4.78 is 30.8. The fourth-order valence-corrected chi connectivity index (χ4v) is 11.8. The van der Waals surface area contributed by atoms with Crippen molar-refractivity contribution in [2.45, 2.75) is 380 Å². The van der Waals surface area contributed by atoms with E-state index in [9.17, 15) is 19.0 Å². The van der Waals surface area contributed by atoms with Gasteiger partial charge in [0.1, 0.15) is 19.3 Å². The molecule has 0 saturated carbocycles. The molecule has 0 aromatic carbocycles. The molecule has 1 amide bonds. The normalized spacial score (nSPS) is 13.7. The first-order valence-corrected chi connectivity index (χ1v) is 38.5. The van der Waals surface area contributed by atoms with Crippen LogP contribution in [0.1, 0.15) is 367 Å². The van der Waals surface area contributed by atoms with Gasteiger partial charge in [-0.25, -0.2) is 4.57 Å². The van der Waals surface area contributed by atoms with Gasteiger partial charge < -0.3 is 19.4 Å². The molecule has 0 spiro atoms. The van der Waals surface area contributed by atoms with Crippen LogP contribution in [0.3, 0.4) is 0 Å². The van der Waals surface area contributed by atoms with E-state index < -0.39 is 20.0 Å². The summed E-state index contributed by atoms with van der Waals surface area (Å²) >= 11 is 0. The number of nitrogens with one attached hydrogen (secondary N) is 1. The number of carbonyl (C=O) groups is 2. The van der Waals surface area contributed by atoms with E-state index >= 15 is 0 Å². The van der Waals surface area contributed by atoms with Gasteiger partial charge in [0.05, 0.1) is 33.8 Å². The van der Waals surface area contributed by atoms with Gasteiger partial charge in [0.2, 0.25) is 5.91 Å². The second-order valence-corrected chi connectivity index (χ2v) is 27.9. The maximum atomic E-state index is 13.6. The van der Waals surface area contributed by atoms with E-state index in [4.69, 9.17) is 13.8 Å². The summed E-state index contributed by atoms with van der Waals surface area (Å²) in [6.07, 6.45) is 82.8. The molecule has 2 N–H and O–H groups in total. The molecular weight excluding hydrogens is 1070 g/mol. The smallest absolute Gasteiger partial charge is 0.456 e. The van der Waals surface area contributed by atoms with Gasteiger partial charge in [-0.1, -0.05) is 333 Å². The predicted octanol–water partition coefficient (Wildman–Crippen LogP) is 23.6. The van der Waals surface area contributed by atoms with Crippen LogP contribution in [0, 0.1) is 0 Å². The van der Waals surface area contributed by atoms with Crippen LogP contribution in [0.2, 0.25) is 0 Å². The topological polar surface area (TPSA) is 111 Å². The minimum atomic E-state index is -4.45. The summed E-state index contributed by atoms with van der Waals surface area (Å²) in [5, 5.41) is 3.08. The first-order valence-electron chi connectivity index (χ1n) is 37.0. The Balaban J connectivity index is 4.94. The number of phosphoric ester groups is 1. The van der Waals surface area contributed by atoms with Crippen molar-refractivity contribution in [1.29, 1.82) is 0 Å². The van der Waals surface area contributed by atoms with E-state index in [1.807, 2.05) is 33.3 Å². The number of amides is 1. The molecule has 0 rings (SSSR count). The molecule has 0 heterocycles. The van der Waals surface area contributed by atoms with Gasteiger partial charge >= 0.3 is 13.8 Å². The highest BCUT2D eigenvalue weighted by Crippen LogP contribution is 2.43. The van der Waals surface area contributed by atoms with Crippen LogP contribution in [0.4, 0.5) is 0 Å². The second-order valence-electron chi connectivity index (χ2n) is 26.5. The van der Waals surface area contributed by atoms with E-state index in [2.05, 4.69) is 62.5 Å². The van der Waals surface area contributed by atoms with E-state index in [1.165, 1.54) is 263 Å². The summed E-state index contributed by atoms with van der Waals surface area (Å²) in [6, 6.07) is -0.846. The number of allylic oxidation sites excluding steroid dienone is 7. The molecule has 0 aromatic heterocycles. The van der Waals surface area contributed by atoms with Crippen molar-refractivity contribution in [3.05, 3.63) is 48.6 Å². The lowest BCUT2D eigenvalue weighted by atomic mass is 10.0. The summed E-state index contributed by atoms with van der Waals surface area (Å²) in [5.74, 6) is -0.487. The molecule has 85 heavy (non-hydrogen) atoms. The molecule has 3 atom stereocenters. The SMILES string of the molecule is CCCCC/C=C\C/C=C\C/C=C\CCCCCCCCCCCCCCCCC(=O)OC(/C=C/CCCCCCCCCCC)C(COP(=O)(O)OCC[N+](C)(C)C)NC(=O)CCCCCCCCCCCCCCCCCCCCCCC. The third-order valence-electron chi connectivity index (χ3n) is 16.8. The molecule has 0 saturated heterocycles. The van der Waals surface area contributed by atoms with E-state index in [0.29, 0.717) is 23.9 Å². The summed E-state index contributed by atoms with van der Waals surface area (Å²) in [4.78, 5) is 37.9. The number of carbonyl (C=O) groups excluding carboxylic acids is 2. The Bertz CT molecular complexity index is 1590. The summed E-state index contributed by atoms with van der Waals surface area (Å²) in [5.41, 5.74) is 0. The lowest BCUT2D eigenvalue weighted by Crippen LogP contribution is -2.47. The number of hydrogen-bond acceptors (Lipinski definition) is 6. The number of esters is 1. The Hall–Kier alpha value is -2.03. The number of rotatable bonds is 68. The van der Waals surface area contributed by atoms with E-state index in [0.717, 1.165) is 70.6 Å². The maximum absolute atomic E-state index is 13.6. The van der Waals surface area contributed by atoms with Crippen molar-refractivity contribution in [3.8, 4) is 0 Å². The lowest BCUT2D eigenvalue weighted by molar-refractivity contribution is -0.870. The third-order valence-corrected chi connectivity index (χ3v) is 17.8. The first-order chi connectivity index (χ1) is 41.4. The van der Waals surface area contributed by atoms with Gasteiger partial charge in [-0.3, -0.25) is 18.6 Å². The van der Waals surface area contributed by atoms with E-state index in [-0.39, 0.29) is 25.1 Å². The maximum Gasteiger partial charge on any atom is 0.472 e. The first kappa shape index (κ1) is 83.0. The Morgan fingerprint density at radius 3 is 1.09 bits per heavy atom. The molecular formula is C75H144N2O7P+. The van der Waals surface area contributed by atoms with Crippen molar-refractivity contribution in [1.82, 2.24) is 5.32 Å². The molecule has 0 radical (unpaired) electrons. The van der Waals surface area contributed by atoms with Gasteiger partial charge in [-0.05, 0) is 70.3 Å². The van der Waals surface area contributed by atoms with Crippen LogP contribution in [-0.2, 0) is 27.9 Å². The highest BCUT2D eigenvalue weighted by Gasteiger charge is 2.30. The Morgan fingerprint density at radius 1 is 0.412 bits per heavy atom. The van der Waals surface area contributed by atoms with E-state index in [1.54, 1.807) is 0 Å². The van der Waals surface area contributed by atoms with Crippen molar-refractivity contribution in [3.63, 3.8) is 0 Å². The Kier molecular flexibility index (Phi) is 63.4. The Morgan fingerprint density at radius 2 is 0.718 bits per heavy atom. The van der Waals surface area contributed by atoms with Crippen LogP contribution in [0.15, 0.2) is 48.6 Å². The number of hydrogen-bond donors (Lipinski definition) is 2. The lowest BCUT2D eigenvalue weighted by Gasteiger charge is -2.27.